The van der Waals surface area contributed by atoms with Crippen molar-refractivity contribution < 1.29 is 19.4 Å². The molecule has 2 rings (SSSR count). The van der Waals surface area contributed by atoms with Gasteiger partial charge in [0.1, 0.15) is 0 Å². The topological polar surface area (TPSA) is 75.6 Å². The normalized spacial score (nSPS) is 22.2. The molecule has 0 bridgehead atoms. The van der Waals surface area contributed by atoms with Gasteiger partial charge in [0.25, 0.3) is 0 Å². The predicted molar refractivity (Wildman–Crippen MR) is 92.7 cm³/mol. The highest BCUT2D eigenvalue weighted by Gasteiger charge is 2.31. The summed E-state index contributed by atoms with van der Waals surface area (Å²) in [5.41, 5.74) is 0. The smallest absolute Gasteiger partial charge is 0.308 e. The number of carboxylic acids is 1. The van der Waals surface area contributed by atoms with Crippen LogP contribution in [0.5, 0.6) is 0 Å². The number of aliphatic carboxylic acids is 1. The minimum Gasteiger partial charge on any atom is -0.481 e. The third kappa shape index (κ3) is 5.76. The Kier molecular flexibility index (Phi) is 8.03. The second-order valence-corrected chi connectivity index (χ2v) is 7.51. The third-order valence-corrected chi connectivity index (χ3v) is 5.75. The highest BCUT2D eigenvalue weighted by molar-refractivity contribution is 5.79. The first kappa shape index (κ1) is 19.2. The zero-order valence-electron chi connectivity index (χ0n) is 15.0. The summed E-state index contributed by atoms with van der Waals surface area (Å²) in [5, 5.41) is 12.5. The van der Waals surface area contributed by atoms with Crippen molar-refractivity contribution in [2.75, 3.05) is 19.8 Å². The summed E-state index contributed by atoms with van der Waals surface area (Å²) >= 11 is 0. The van der Waals surface area contributed by atoms with Crippen molar-refractivity contribution in [2.24, 2.45) is 23.7 Å². The summed E-state index contributed by atoms with van der Waals surface area (Å²) in [6.07, 6.45) is 9.46. The molecule has 2 N–H and O–H groups in total. The van der Waals surface area contributed by atoms with Gasteiger partial charge in [0.05, 0.1) is 5.92 Å². The van der Waals surface area contributed by atoms with Gasteiger partial charge in [-0.1, -0.05) is 39.0 Å². The van der Waals surface area contributed by atoms with E-state index in [1.54, 1.807) is 0 Å². The lowest BCUT2D eigenvalue weighted by atomic mass is 9.85. The highest BCUT2D eigenvalue weighted by atomic mass is 16.5. The van der Waals surface area contributed by atoms with Crippen LogP contribution in [0.25, 0.3) is 0 Å². The maximum absolute atomic E-state index is 12.6. The Morgan fingerprint density at radius 1 is 1.17 bits per heavy atom. The van der Waals surface area contributed by atoms with Crippen LogP contribution >= 0.6 is 0 Å². The Labute approximate surface area is 145 Å². The molecule has 2 atom stereocenters. The van der Waals surface area contributed by atoms with Gasteiger partial charge in [0, 0.05) is 25.7 Å². The number of carboxylic acid groups (broad SMARTS) is 1. The van der Waals surface area contributed by atoms with E-state index in [1.807, 2.05) is 0 Å². The van der Waals surface area contributed by atoms with E-state index in [1.165, 1.54) is 25.7 Å². The van der Waals surface area contributed by atoms with Crippen LogP contribution in [0.2, 0.25) is 0 Å². The molecule has 1 amide bonds. The quantitative estimate of drug-likeness (QED) is 0.676. The van der Waals surface area contributed by atoms with E-state index >= 15 is 0 Å². The fraction of sp³-hybridized carbons (Fsp3) is 0.895. The Morgan fingerprint density at radius 3 is 2.42 bits per heavy atom. The van der Waals surface area contributed by atoms with Crippen molar-refractivity contribution in [1.29, 1.82) is 0 Å². The number of nitrogens with one attached hydrogen (secondary N) is 1. The molecule has 0 spiro atoms. The molecule has 0 aromatic carbocycles. The Balaban J connectivity index is 1.85. The molecule has 1 saturated carbocycles. The lowest BCUT2D eigenvalue weighted by Gasteiger charge is -2.28. The van der Waals surface area contributed by atoms with Crippen LogP contribution < -0.4 is 5.32 Å². The van der Waals surface area contributed by atoms with Crippen LogP contribution in [0.1, 0.15) is 64.7 Å². The summed E-state index contributed by atoms with van der Waals surface area (Å²) in [6, 6.07) is 0. The molecular weight excluding hydrogens is 306 g/mol. The van der Waals surface area contributed by atoms with Gasteiger partial charge < -0.3 is 15.2 Å². The number of carbonyl (C=O) groups excluding carboxylic acids is 1. The molecule has 2 fully saturated rings. The van der Waals surface area contributed by atoms with E-state index in [0.717, 1.165) is 32.1 Å². The Bertz CT molecular complexity index is 400. The highest BCUT2D eigenvalue weighted by Crippen LogP contribution is 2.32. The van der Waals surface area contributed by atoms with E-state index in [4.69, 9.17) is 4.74 Å². The fourth-order valence-electron chi connectivity index (χ4n) is 4.28. The minimum atomic E-state index is -0.801. The van der Waals surface area contributed by atoms with Gasteiger partial charge >= 0.3 is 5.97 Å². The molecule has 2 aliphatic rings. The predicted octanol–water partition coefficient (Wildman–Crippen LogP) is 3.23. The van der Waals surface area contributed by atoms with Gasteiger partial charge in [0.2, 0.25) is 5.91 Å². The minimum absolute atomic E-state index is 0.0437. The number of ether oxygens (including phenoxy) is 1. The largest absolute Gasteiger partial charge is 0.481 e. The van der Waals surface area contributed by atoms with Crippen LogP contribution in [-0.2, 0) is 14.3 Å². The summed E-state index contributed by atoms with van der Waals surface area (Å²) in [5.74, 6) is -0.407. The average Bonchev–Trinajstić information content (AvgIpc) is 3.08. The lowest BCUT2D eigenvalue weighted by Crippen LogP contribution is -2.41. The van der Waals surface area contributed by atoms with Crippen LogP contribution in [-0.4, -0.2) is 36.7 Å². The molecule has 1 saturated heterocycles. The van der Waals surface area contributed by atoms with Gasteiger partial charge in [-0.15, -0.1) is 0 Å². The first-order chi connectivity index (χ1) is 11.6. The van der Waals surface area contributed by atoms with Gasteiger partial charge in [-0.25, -0.2) is 0 Å². The van der Waals surface area contributed by atoms with Crippen molar-refractivity contribution in [1.82, 2.24) is 5.32 Å². The zero-order chi connectivity index (χ0) is 17.4. The second kappa shape index (κ2) is 10.0. The SMILES string of the molecule is CCCC(CC1CCCC1)C(=O)NCC(C(=O)O)C1CCOCC1. The summed E-state index contributed by atoms with van der Waals surface area (Å²) < 4.78 is 5.32. The fourth-order valence-corrected chi connectivity index (χ4v) is 4.28. The zero-order valence-corrected chi connectivity index (χ0v) is 15.0. The van der Waals surface area contributed by atoms with E-state index < -0.39 is 11.9 Å². The molecule has 0 radical (unpaired) electrons. The monoisotopic (exact) mass is 339 g/mol. The number of hydrogen-bond donors (Lipinski definition) is 2. The van der Waals surface area contributed by atoms with Crippen LogP contribution in [0.15, 0.2) is 0 Å². The number of carbonyl (C=O) groups is 2. The molecule has 2 unspecified atom stereocenters. The number of rotatable bonds is 9. The Hall–Kier alpha value is -1.10. The first-order valence-electron chi connectivity index (χ1n) is 9.70. The molecule has 0 aromatic rings. The van der Waals surface area contributed by atoms with Crippen LogP contribution in [0.4, 0.5) is 0 Å². The third-order valence-electron chi connectivity index (χ3n) is 5.75. The van der Waals surface area contributed by atoms with Crippen molar-refractivity contribution in [2.45, 2.75) is 64.7 Å². The van der Waals surface area contributed by atoms with E-state index in [-0.39, 0.29) is 24.3 Å². The number of hydrogen-bond acceptors (Lipinski definition) is 3. The molecule has 1 aliphatic carbocycles. The van der Waals surface area contributed by atoms with Crippen molar-refractivity contribution >= 4 is 11.9 Å². The second-order valence-electron chi connectivity index (χ2n) is 7.51. The van der Waals surface area contributed by atoms with Crippen molar-refractivity contribution in [3.63, 3.8) is 0 Å². The summed E-state index contributed by atoms with van der Waals surface area (Å²) in [4.78, 5) is 24.2. The molecule has 138 valence electrons. The van der Waals surface area contributed by atoms with Crippen molar-refractivity contribution in [3.8, 4) is 0 Å². The van der Waals surface area contributed by atoms with E-state index in [0.29, 0.717) is 19.1 Å². The van der Waals surface area contributed by atoms with Crippen molar-refractivity contribution in [3.05, 3.63) is 0 Å². The molecule has 24 heavy (non-hydrogen) atoms. The summed E-state index contributed by atoms with van der Waals surface area (Å²) in [6.45, 7) is 3.62. The van der Waals surface area contributed by atoms with Gasteiger partial charge in [-0.05, 0) is 37.5 Å². The molecule has 5 heteroatoms. The molecule has 1 heterocycles. The first-order valence-corrected chi connectivity index (χ1v) is 9.70. The van der Waals surface area contributed by atoms with Gasteiger partial charge in [-0.3, -0.25) is 9.59 Å². The van der Waals surface area contributed by atoms with Gasteiger partial charge in [0.15, 0.2) is 0 Å². The standard InChI is InChI=1S/C19H33NO4/c1-2-5-16(12-14-6-3-4-7-14)18(21)20-13-17(19(22)23)15-8-10-24-11-9-15/h14-17H,2-13H2,1H3,(H,20,21)(H,22,23). The van der Waals surface area contributed by atoms with E-state index in [2.05, 4.69) is 12.2 Å². The molecule has 5 nitrogen and oxygen atoms in total. The summed E-state index contributed by atoms with van der Waals surface area (Å²) in [7, 11) is 0. The Morgan fingerprint density at radius 2 is 1.83 bits per heavy atom. The van der Waals surface area contributed by atoms with E-state index in [9.17, 15) is 14.7 Å². The molecular formula is C19H33NO4. The number of amides is 1. The lowest BCUT2D eigenvalue weighted by molar-refractivity contribution is -0.145. The molecule has 0 aromatic heterocycles. The van der Waals surface area contributed by atoms with Crippen LogP contribution in [0, 0.1) is 23.7 Å². The average molecular weight is 339 g/mol. The van der Waals surface area contributed by atoms with Crippen LogP contribution in [0.3, 0.4) is 0 Å². The van der Waals surface area contributed by atoms with Gasteiger partial charge in [-0.2, -0.15) is 0 Å². The maximum atomic E-state index is 12.6. The maximum Gasteiger partial charge on any atom is 0.308 e. The molecule has 1 aliphatic heterocycles.